The lowest BCUT2D eigenvalue weighted by molar-refractivity contribution is 0.207. The van der Waals surface area contributed by atoms with Gasteiger partial charge in [0.2, 0.25) is 0 Å². The van der Waals surface area contributed by atoms with Crippen LogP contribution in [0.15, 0.2) is 29.6 Å². The molecule has 2 heterocycles. The quantitative estimate of drug-likeness (QED) is 0.832. The molecule has 2 aromatic rings. The Bertz CT molecular complexity index is 474. The van der Waals surface area contributed by atoms with Gasteiger partial charge < -0.3 is 5.32 Å². The smallest absolute Gasteiger partial charge is 0.0334 e. The van der Waals surface area contributed by atoms with Crippen molar-refractivity contribution in [1.82, 2.24) is 10.2 Å². The summed E-state index contributed by atoms with van der Waals surface area (Å²) < 4.78 is 0. The second kappa shape index (κ2) is 7.20. The maximum Gasteiger partial charge on any atom is 0.0334 e. The average molecular weight is 294 g/mol. The minimum absolute atomic E-state index is 0.567. The monoisotopic (exact) mass is 294 g/mol. The molecule has 0 aliphatic heterocycles. The van der Waals surface area contributed by atoms with Gasteiger partial charge in [0.05, 0.1) is 0 Å². The fourth-order valence-corrected chi connectivity index (χ4v) is 3.79. The van der Waals surface area contributed by atoms with Gasteiger partial charge in [-0.3, -0.25) is 4.90 Å². The molecule has 0 radical (unpaired) electrons. The normalized spacial score (nSPS) is 11.6. The summed E-state index contributed by atoms with van der Waals surface area (Å²) in [6.45, 7) is 7.61. The number of rotatable bonds is 7. The topological polar surface area (TPSA) is 15.3 Å². The molecule has 0 spiro atoms. The first-order valence-electron chi connectivity index (χ1n) is 6.67. The van der Waals surface area contributed by atoms with Crippen molar-refractivity contribution in [3.8, 4) is 0 Å². The predicted molar refractivity (Wildman–Crippen MR) is 85.8 cm³/mol. The van der Waals surface area contributed by atoms with E-state index in [1.807, 2.05) is 29.7 Å². The van der Waals surface area contributed by atoms with E-state index in [2.05, 4.69) is 53.7 Å². The van der Waals surface area contributed by atoms with E-state index in [9.17, 15) is 0 Å². The zero-order chi connectivity index (χ0) is 13.7. The Morgan fingerprint density at radius 2 is 1.84 bits per heavy atom. The lowest BCUT2D eigenvalue weighted by Gasteiger charge is -2.25. The minimum atomic E-state index is 0.567. The van der Waals surface area contributed by atoms with E-state index < -0.39 is 0 Å². The Labute approximate surface area is 124 Å². The van der Waals surface area contributed by atoms with Crippen molar-refractivity contribution in [2.45, 2.75) is 39.5 Å². The number of hydrogen-bond donors (Lipinski definition) is 1. The highest BCUT2D eigenvalue weighted by atomic mass is 32.1. The molecule has 0 saturated heterocycles. The van der Waals surface area contributed by atoms with Crippen LogP contribution in [0, 0.1) is 0 Å². The molecule has 0 bridgehead atoms. The number of hydrogen-bond acceptors (Lipinski definition) is 4. The van der Waals surface area contributed by atoms with Crippen molar-refractivity contribution in [2.75, 3.05) is 7.05 Å². The van der Waals surface area contributed by atoms with E-state index in [0.717, 1.165) is 19.6 Å². The van der Waals surface area contributed by atoms with Crippen LogP contribution in [0.2, 0.25) is 0 Å². The molecule has 19 heavy (non-hydrogen) atoms. The van der Waals surface area contributed by atoms with Crippen molar-refractivity contribution < 1.29 is 0 Å². The number of thiophene rings is 2. The summed E-state index contributed by atoms with van der Waals surface area (Å²) in [7, 11) is 2.00. The van der Waals surface area contributed by atoms with Gasteiger partial charge in [-0.05, 0) is 44.5 Å². The Balaban J connectivity index is 1.99. The molecule has 104 valence electrons. The molecular weight excluding hydrogens is 272 g/mol. The molecule has 2 aromatic heterocycles. The van der Waals surface area contributed by atoms with E-state index in [1.165, 1.54) is 14.6 Å². The average Bonchev–Trinajstić information content (AvgIpc) is 3.01. The molecule has 0 amide bonds. The molecule has 0 aliphatic carbocycles. The first-order valence-corrected chi connectivity index (χ1v) is 8.37. The van der Waals surface area contributed by atoms with Crippen molar-refractivity contribution in [3.05, 3.63) is 44.3 Å². The van der Waals surface area contributed by atoms with Gasteiger partial charge in [0.15, 0.2) is 0 Å². The molecule has 0 atom stereocenters. The van der Waals surface area contributed by atoms with E-state index in [-0.39, 0.29) is 0 Å². The van der Waals surface area contributed by atoms with Crippen molar-refractivity contribution in [2.24, 2.45) is 0 Å². The summed E-state index contributed by atoms with van der Waals surface area (Å²) in [6.07, 6.45) is 0. The Morgan fingerprint density at radius 1 is 1.11 bits per heavy atom. The first-order chi connectivity index (χ1) is 9.19. The van der Waals surface area contributed by atoms with Crippen LogP contribution in [0.5, 0.6) is 0 Å². The highest BCUT2D eigenvalue weighted by molar-refractivity contribution is 7.12. The summed E-state index contributed by atoms with van der Waals surface area (Å²) in [4.78, 5) is 6.84. The van der Waals surface area contributed by atoms with Crippen LogP contribution in [0.3, 0.4) is 0 Å². The fourth-order valence-electron chi connectivity index (χ4n) is 2.00. The maximum absolute atomic E-state index is 3.21. The fraction of sp³-hybridized carbons (Fsp3) is 0.467. The third-order valence-corrected chi connectivity index (χ3v) is 5.03. The van der Waals surface area contributed by atoms with Gasteiger partial charge in [0, 0.05) is 40.3 Å². The van der Waals surface area contributed by atoms with E-state index in [0.29, 0.717) is 6.04 Å². The van der Waals surface area contributed by atoms with Crippen LogP contribution in [0.4, 0.5) is 0 Å². The molecule has 2 rings (SSSR count). The molecule has 0 saturated carbocycles. The second-order valence-electron chi connectivity index (χ2n) is 4.98. The first kappa shape index (κ1) is 14.7. The van der Waals surface area contributed by atoms with Gasteiger partial charge in [-0.25, -0.2) is 0 Å². The summed E-state index contributed by atoms with van der Waals surface area (Å²) in [5.74, 6) is 0. The molecule has 4 heteroatoms. The largest absolute Gasteiger partial charge is 0.315 e. The minimum Gasteiger partial charge on any atom is -0.315 e. The summed E-state index contributed by atoms with van der Waals surface area (Å²) >= 11 is 3.76. The van der Waals surface area contributed by atoms with Crippen molar-refractivity contribution in [1.29, 1.82) is 0 Å². The predicted octanol–water partition coefficient (Wildman–Crippen LogP) is 3.94. The molecule has 0 unspecified atom stereocenters. The van der Waals surface area contributed by atoms with Crippen LogP contribution >= 0.6 is 22.7 Å². The van der Waals surface area contributed by atoms with E-state index in [4.69, 9.17) is 0 Å². The van der Waals surface area contributed by atoms with Crippen molar-refractivity contribution in [3.63, 3.8) is 0 Å². The molecule has 0 aromatic carbocycles. The number of nitrogens with zero attached hydrogens (tertiary/aromatic N) is 1. The van der Waals surface area contributed by atoms with Gasteiger partial charge in [-0.2, -0.15) is 0 Å². The Kier molecular flexibility index (Phi) is 5.58. The highest BCUT2D eigenvalue weighted by Gasteiger charge is 2.12. The summed E-state index contributed by atoms with van der Waals surface area (Å²) in [6, 6.07) is 9.42. The number of nitrogens with one attached hydrogen (secondary N) is 1. The SMILES string of the molecule is CNCc1ccc(CN(Cc2cccs2)C(C)C)s1. The second-order valence-corrected chi connectivity index (χ2v) is 7.26. The third kappa shape index (κ3) is 4.42. The highest BCUT2D eigenvalue weighted by Crippen LogP contribution is 2.21. The van der Waals surface area contributed by atoms with Crippen LogP contribution in [-0.4, -0.2) is 18.0 Å². The van der Waals surface area contributed by atoms with E-state index >= 15 is 0 Å². The third-order valence-electron chi connectivity index (χ3n) is 3.10. The molecular formula is C15H22N2S2. The molecule has 0 fully saturated rings. The molecule has 2 nitrogen and oxygen atoms in total. The molecule has 1 N–H and O–H groups in total. The zero-order valence-electron chi connectivity index (χ0n) is 11.8. The van der Waals surface area contributed by atoms with Crippen LogP contribution < -0.4 is 5.32 Å². The lowest BCUT2D eigenvalue weighted by Crippen LogP contribution is -2.29. The lowest BCUT2D eigenvalue weighted by atomic mass is 10.3. The van der Waals surface area contributed by atoms with Gasteiger partial charge in [0.1, 0.15) is 0 Å². The molecule has 0 aliphatic rings. The summed E-state index contributed by atoms with van der Waals surface area (Å²) in [5, 5.41) is 5.36. The van der Waals surface area contributed by atoms with E-state index in [1.54, 1.807) is 0 Å². The van der Waals surface area contributed by atoms with Gasteiger partial charge in [0.25, 0.3) is 0 Å². The van der Waals surface area contributed by atoms with Gasteiger partial charge >= 0.3 is 0 Å². The van der Waals surface area contributed by atoms with Gasteiger partial charge in [-0.15, -0.1) is 22.7 Å². The Morgan fingerprint density at radius 3 is 2.47 bits per heavy atom. The van der Waals surface area contributed by atoms with Crippen molar-refractivity contribution >= 4 is 22.7 Å². The summed E-state index contributed by atoms with van der Waals surface area (Å²) in [5.41, 5.74) is 0. The van der Waals surface area contributed by atoms with Gasteiger partial charge in [-0.1, -0.05) is 6.07 Å². The van der Waals surface area contributed by atoms with Crippen LogP contribution in [0.1, 0.15) is 28.5 Å². The maximum atomic E-state index is 3.21. The zero-order valence-corrected chi connectivity index (χ0v) is 13.5. The van der Waals surface area contributed by atoms with Crippen LogP contribution in [0.25, 0.3) is 0 Å². The Hall–Kier alpha value is -0.680. The standard InChI is InChI=1S/C15H22N2S2/c1-12(2)17(10-14-5-4-8-18-14)11-15-7-6-13(19-15)9-16-3/h4-8,12,16H,9-11H2,1-3H3. The van der Waals surface area contributed by atoms with Crippen LogP contribution in [-0.2, 0) is 19.6 Å².